The minimum Gasteiger partial charge on any atom is -0.497 e. The number of benzene rings is 2. The van der Waals surface area contributed by atoms with Crippen molar-refractivity contribution in [2.75, 3.05) is 13.7 Å². The van der Waals surface area contributed by atoms with E-state index in [1.807, 2.05) is 60.0 Å². The molecule has 0 fully saturated rings. The van der Waals surface area contributed by atoms with Crippen LogP contribution in [0, 0.1) is 0 Å². The first-order valence-corrected chi connectivity index (χ1v) is 7.37. The molecule has 0 saturated heterocycles. The third kappa shape index (κ3) is 2.50. The Kier molecular flexibility index (Phi) is 3.93. The van der Waals surface area contributed by atoms with Crippen molar-refractivity contribution < 1.29 is 14.3 Å². The standard InChI is InChI=1S/C18H18N2O3/c1-3-23-17-14-11-13(22-2)9-10-15(14)20(16(17)18(19)21)12-7-5-4-6-8-12/h4-11H,3H2,1-2H3,(H2,19,21). The number of aromatic nitrogens is 1. The lowest BCUT2D eigenvalue weighted by Gasteiger charge is -2.09. The molecule has 0 aliphatic heterocycles. The maximum absolute atomic E-state index is 12.1. The Hall–Kier alpha value is -2.95. The van der Waals surface area contributed by atoms with E-state index in [0.717, 1.165) is 16.6 Å². The highest BCUT2D eigenvalue weighted by Crippen LogP contribution is 2.37. The normalized spacial score (nSPS) is 10.7. The number of ether oxygens (including phenoxy) is 2. The maximum atomic E-state index is 12.1. The van der Waals surface area contributed by atoms with Gasteiger partial charge in [0, 0.05) is 11.1 Å². The highest BCUT2D eigenvalue weighted by atomic mass is 16.5. The van der Waals surface area contributed by atoms with E-state index in [1.165, 1.54) is 0 Å². The minimum atomic E-state index is -0.535. The van der Waals surface area contributed by atoms with E-state index in [0.29, 0.717) is 23.8 Å². The van der Waals surface area contributed by atoms with Crippen molar-refractivity contribution in [2.24, 2.45) is 5.73 Å². The monoisotopic (exact) mass is 310 g/mol. The first-order valence-electron chi connectivity index (χ1n) is 7.37. The molecule has 118 valence electrons. The number of fused-ring (bicyclic) bond motifs is 1. The van der Waals surface area contributed by atoms with E-state index in [9.17, 15) is 4.79 Å². The van der Waals surface area contributed by atoms with Crippen LogP contribution in [0.2, 0.25) is 0 Å². The topological polar surface area (TPSA) is 66.5 Å². The fourth-order valence-electron chi connectivity index (χ4n) is 2.73. The number of primary amides is 1. The molecular formula is C18H18N2O3. The van der Waals surface area contributed by atoms with Crippen LogP contribution in [0.3, 0.4) is 0 Å². The lowest BCUT2D eigenvalue weighted by atomic mass is 10.2. The summed E-state index contributed by atoms with van der Waals surface area (Å²) in [5.74, 6) is 0.643. The molecule has 0 aliphatic rings. The molecule has 1 heterocycles. The van der Waals surface area contributed by atoms with Crippen molar-refractivity contribution in [1.82, 2.24) is 4.57 Å². The van der Waals surface area contributed by atoms with E-state index in [4.69, 9.17) is 15.2 Å². The van der Waals surface area contributed by atoms with Crippen LogP contribution >= 0.6 is 0 Å². The fraction of sp³-hybridized carbons (Fsp3) is 0.167. The zero-order chi connectivity index (χ0) is 16.4. The van der Waals surface area contributed by atoms with Crippen molar-refractivity contribution in [3.05, 3.63) is 54.2 Å². The van der Waals surface area contributed by atoms with Crippen molar-refractivity contribution >= 4 is 16.8 Å². The number of methoxy groups -OCH3 is 1. The summed E-state index contributed by atoms with van der Waals surface area (Å²) in [6.45, 7) is 2.31. The minimum absolute atomic E-state index is 0.335. The van der Waals surface area contributed by atoms with Crippen LogP contribution in [0.5, 0.6) is 11.5 Å². The quantitative estimate of drug-likeness (QED) is 0.787. The highest BCUT2D eigenvalue weighted by molar-refractivity contribution is 6.05. The fourth-order valence-corrected chi connectivity index (χ4v) is 2.73. The largest absolute Gasteiger partial charge is 0.497 e. The summed E-state index contributed by atoms with van der Waals surface area (Å²) in [7, 11) is 1.60. The molecule has 2 N–H and O–H groups in total. The Morgan fingerprint density at radius 2 is 1.91 bits per heavy atom. The summed E-state index contributed by atoms with van der Waals surface area (Å²) < 4.78 is 12.8. The molecule has 0 unspecified atom stereocenters. The zero-order valence-corrected chi connectivity index (χ0v) is 13.1. The first kappa shape index (κ1) is 15.0. The molecule has 0 spiro atoms. The highest BCUT2D eigenvalue weighted by Gasteiger charge is 2.23. The third-order valence-corrected chi connectivity index (χ3v) is 3.66. The molecule has 0 saturated carbocycles. The Labute approximate surface area is 134 Å². The van der Waals surface area contributed by atoms with Gasteiger partial charge in [0.05, 0.1) is 19.2 Å². The predicted octanol–water partition coefficient (Wildman–Crippen LogP) is 3.14. The molecular weight excluding hydrogens is 292 g/mol. The smallest absolute Gasteiger partial charge is 0.269 e. The summed E-state index contributed by atoms with van der Waals surface area (Å²) in [5, 5.41) is 0.795. The number of para-hydroxylation sites is 1. The van der Waals surface area contributed by atoms with E-state index >= 15 is 0 Å². The van der Waals surface area contributed by atoms with Gasteiger partial charge in [-0.3, -0.25) is 4.79 Å². The molecule has 5 heteroatoms. The van der Waals surface area contributed by atoms with Gasteiger partial charge in [0.1, 0.15) is 5.75 Å². The molecule has 3 aromatic rings. The average molecular weight is 310 g/mol. The van der Waals surface area contributed by atoms with Crippen LogP contribution in [-0.2, 0) is 0 Å². The number of amides is 1. The van der Waals surface area contributed by atoms with Gasteiger partial charge in [-0.2, -0.15) is 0 Å². The molecule has 3 rings (SSSR count). The number of rotatable bonds is 5. The van der Waals surface area contributed by atoms with Gasteiger partial charge in [0.15, 0.2) is 11.4 Å². The van der Waals surface area contributed by atoms with Crippen molar-refractivity contribution in [3.8, 4) is 17.2 Å². The van der Waals surface area contributed by atoms with Gasteiger partial charge in [-0.05, 0) is 37.3 Å². The Bertz CT molecular complexity index is 854. The second-order valence-electron chi connectivity index (χ2n) is 5.03. The first-order chi connectivity index (χ1) is 11.2. The van der Waals surface area contributed by atoms with Crippen LogP contribution in [0.25, 0.3) is 16.6 Å². The molecule has 1 amide bonds. The molecule has 1 aromatic heterocycles. The summed E-state index contributed by atoms with van der Waals surface area (Å²) in [6.07, 6.45) is 0. The van der Waals surface area contributed by atoms with Crippen LogP contribution in [-0.4, -0.2) is 24.2 Å². The molecule has 0 atom stereocenters. The molecule has 2 aromatic carbocycles. The number of nitrogens with two attached hydrogens (primary N) is 1. The lowest BCUT2D eigenvalue weighted by Crippen LogP contribution is -2.17. The van der Waals surface area contributed by atoms with Gasteiger partial charge < -0.3 is 19.8 Å². The predicted molar refractivity (Wildman–Crippen MR) is 89.5 cm³/mol. The van der Waals surface area contributed by atoms with Gasteiger partial charge in [-0.1, -0.05) is 18.2 Å². The van der Waals surface area contributed by atoms with Gasteiger partial charge in [-0.15, -0.1) is 0 Å². The van der Waals surface area contributed by atoms with Crippen LogP contribution < -0.4 is 15.2 Å². The zero-order valence-electron chi connectivity index (χ0n) is 13.1. The van der Waals surface area contributed by atoms with Gasteiger partial charge >= 0.3 is 0 Å². The number of hydrogen-bond donors (Lipinski definition) is 1. The number of carbonyl (C=O) groups excluding carboxylic acids is 1. The van der Waals surface area contributed by atoms with Crippen molar-refractivity contribution in [1.29, 1.82) is 0 Å². The van der Waals surface area contributed by atoms with Crippen molar-refractivity contribution in [3.63, 3.8) is 0 Å². The Morgan fingerprint density at radius 3 is 2.52 bits per heavy atom. The summed E-state index contributed by atoms with van der Waals surface area (Å²) >= 11 is 0. The molecule has 0 radical (unpaired) electrons. The molecule has 0 bridgehead atoms. The number of carbonyl (C=O) groups is 1. The van der Waals surface area contributed by atoms with E-state index in [1.54, 1.807) is 7.11 Å². The van der Waals surface area contributed by atoms with E-state index in [-0.39, 0.29) is 0 Å². The molecule has 0 aliphatic carbocycles. The maximum Gasteiger partial charge on any atom is 0.269 e. The summed E-state index contributed by atoms with van der Waals surface area (Å²) in [5.41, 5.74) is 7.67. The van der Waals surface area contributed by atoms with Crippen molar-refractivity contribution in [2.45, 2.75) is 6.92 Å². The van der Waals surface area contributed by atoms with Gasteiger partial charge in [0.25, 0.3) is 5.91 Å². The number of nitrogens with zero attached hydrogens (tertiary/aromatic N) is 1. The molecule has 23 heavy (non-hydrogen) atoms. The second kappa shape index (κ2) is 6.04. The Balaban J connectivity index is 2.41. The van der Waals surface area contributed by atoms with Gasteiger partial charge in [0.2, 0.25) is 0 Å². The Morgan fingerprint density at radius 1 is 1.17 bits per heavy atom. The summed E-state index contributed by atoms with van der Waals surface area (Å²) in [6, 6.07) is 15.2. The second-order valence-corrected chi connectivity index (χ2v) is 5.03. The van der Waals surface area contributed by atoms with E-state index < -0.39 is 5.91 Å². The van der Waals surface area contributed by atoms with Crippen LogP contribution in [0.1, 0.15) is 17.4 Å². The lowest BCUT2D eigenvalue weighted by molar-refractivity contribution is 0.0990. The number of hydrogen-bond acceptors (Lipinski definition) is 3. The average Bonchev–Trinajstić information content (AvgIpc) is 2.90. The summed E-state index contributed by atoms with van der Waals surface area (Å²) in [4.78, 5) is 12.1. The molecule has 5 nitrogen and oxygen atoms in total. The third-order valence-electron chi connectivity index (χ3n) is 3.66. The van der Waals surface area contributed by atoms with Gasteiger partial charge in [-0.25, -0.2) is 0 Å². The van der Waals surface area contributed by atoms with Crippen LogP contribution in [0.4, 0.5) is 0 Å². The SMILES string of the molecule is CCOc1c(C(N)=O)n(-c2ccccc2)c2ccc(OC)cc12. The van der Waals surface area contributed by atoms with Crippen LogP contribution in [0.15, 0.2) is 48.5 Å². The van der Waals surface area contributed by atoms with E-state index in [2.05, 4.69) is 0 Å².